The fraction of sp³-hybridized carbons (Fsp3) is 0.345. The Kier molecular flexibility index (Phi) is 8.82. The molecule has 4 rings (SSSR count). The molecule has 3 aromatic rings. The Morgan fingerprint density at radius 3 is 2.44 bits per heavy atom. The van der Waals surface area contributed by atoms with Gasteiger partial charge in [-0.25, -0.2) is 9.79 Å². The van der Waals surface area contributed by atoms with Crippen molar-refractivity contribution in [3.63, 3.8) is 0 Å². The van der Waals surface area contributed by atoms with E-state index >= 15 is 0 Å². The highest BCUT2D eigenvalue weighted by molar-refractivity contribution is 5.92. The average molecular weight is 566 g/mol. The fourth-order valence-electron chi connectivity index (χ4n) is 5.15. The minimum Gasteiger partial charge on any atom is -0.493 e. The van der Waals surface area contributed by atoms with Crippen LogP contribution in [0.5, 0.6) is 11.5 Å². The van der Waals surface area contributed by atoms with Crippen molar-refractivity contribution < 1.29 is 18.7 Å². The lowest BCUT2D eigenvalue weighted by Crippen LogP contribution is -2.45. The maximum Gasteiger partial charge on any atom is 0.330 e. The Bertz CT molecular complexity index is 1630. The van der Waals surface area contributed by atoms with Gasteiger partial charge >= 0.3 is 5.69 Å². The molecule has 0 bridgehead atoms. The number of nitrogens with zero attached hydrogens (tertiary/aromatic N) is 3. The second kappa shape index (κ2) is 12.3. The molecule has 0 fully saturated rings. The van der Waals surface area contributed by atoms with E-state index in [9.17, 15) is 14.0 Å². The van der Waals surface area contributed by atoms with Crippen LogP contribution in [0.25, 0.3) is 11.3 Å². The lowest BCUT2D eigenvalue weighted by Gasteiger charge is -2.25. The van der Waals surface area contributed by atoms with Gasteiger partial charge < -0.3 is 25.9 Å². The van der Waals surface area contributed by atoms with E-state index in [0.29, 0.717) is 42.3 Å². The Morgan fingerprint density at radius 2 is 1.83 bits per heavy atom. The molecule has 41 heavy (non-hydrogen) atoms. The summed E-state index contributed by atoms with van der Waals surface area (Å²) in [7, 11) is 1.58. The summed E-state index contributed by atoms with van der Waals surface area (Å²) in [5.41, 5.74) is 12.9. The summed E-state index contributed by atoms with van der Waals surface area (Å²) in [5, 5.41) is 2.54. The molecule has 1 amide bonds. The second-order valence-electron chi connectivity index (χ2n) is 9.80. The van der Waals surface area contributed by atoms with Gasteiger partial charge in [-0.15, -0.1) is 0 Å². The van der Waals surface area contributed by atoms with Gasteiger partial charge in [0.05, 0.1) is 25.1 Å². The molecule has 0 saturated carbocycles. The number of aryl methyl sites for hydroxylation is 4. The van der Waals surface area contributed by atoms with Gasteiger partial charge in [0.1, 0.15) is 5.49 Å². The molecule has 0 saturated heterocycles. The van der Waals surface area contributed by atoms with Crippen LogP contribution in [-0.2, 0) is 24.3 Å². The Morgan fingerprint density at radius 1 is 1.12 bits per heavy atom. The number of ether oxygens (including phenoxy) is 2. The van der Waals surface area contributed by atoms with E-state index in [4.69, 9.17) is 26.0 Å². The maximum atomic E-state index is 13.9. The van der Waals surface area contributed by atoms with Crippen molar-refractivity contribution >= 4 is 11.6 Å². The largest absolute Gasteiger partial charge is 0.493 e. The van der Waals surface area contributed by atoms with Crippen molar-refractivity contribution in [3.8, 4) is 22.8 Å². The van der Waals surface area contributed by atoms with Gasteiger partial charge in [-0.05, 0) is 62.9 Å². The highest BCUT2D eigenvalue weighted by atomic mass is 19.1. The smallest absolute Gasteiger partial charge is 0.330 e. The minimum atomic E-state index is -1.24. The normalized spacial score (nSPS) is 13.2. The molecule has 0 radical (unpaired) electrons. The third kappa shape index (κ3) is 5.97. The summed E-state index contributed by atoms with van der Waals surface area (Å²) in [6.07, 6.45) is 0.613. The van der Waals surface area contributed by atoms with Gasteiger partial charge in [-0.2, -0.15) is 4.39 Å². The third-order valence-electron chi connectivity index (χ3n) is 6.96. The van der Waals surface area contributed by atoms with Crippen molar-refractivity contribution in [2.45, 2.75) is 47.2 Å². The van der Waals surface area contributed by atoms with Crippen LogP contribution in [0.3, 0.4) is 0 Å². The first-order valence-corrected chi connectivity index (χ1v) is 13.3. The number of hydrogen-bond acceptors (Lipinski definition) is 8. The van der Waals surface area contributed by atoms with E-state index in [0.717, 1.165) is 33.5 Å². The molecular weight excluding hydrogens is 529 g/mol. The lowest BCUT2D eigenvalue weighted by molar-refractivity contribution is -0.118. The molecule has 0 unspecified atom stereocenters. The van der Waals surface area contributed by atoms with Crippen molar-refractivity contribution in [3.05, 3.63) is 80.2 Å². The lowest BCUT2D eigenvalue weighted by atomic mass is 9.97. The van der Waals surface area contributed by atoms with E-state index < -0.39 is 17.6 Å². The summed E-state index contributed by atoms with van der Waals surface area (Å²) >= 11 is 0. The van der Waals surface area contributed by atoms with Gasteiger partial charge in [-0.3, -0.25) is 19.8 Å². The molecule has 2 heterocycles. The Hall–Kier alpha value is -4.58. The summed E-state index contributed by atoms with van der Waals surface area (Å²) in [6.45, 7) is 8.87. The standard InChI is InChI=1S/C29H36FN7O4/c1-6-41-23-13-19-7-9-36-21(20(19)14-22(23)40-5)15-24(34-25-17(3)11-16(2)12-18(25)4)37(29(36)39)10-8-33-28(38)26(35-32)27(30)31/h11-15,35H,6-10,31-32H2,1-5H3,(H,33,38)/b27-26-,34-24?. The van der Waals surface area contributed by atoms with E-state index in [1.54, 1.807) is 11.7 Å². The van der Waals surface area contributed by atoms with Crippen molar-refractivity contribution in [2.75, 3.05) is 20.3 Å². The number of rotatable bonds is 9. The molecule has 0 atom stereocenters. The quantitative estimate of drug-likeness (QED) is 0.134. The monoisotopic (exact) mass is 565 g/mol. The van der Waals surface area contributed by atoms with Crippen LogP contribution in [0.4, 0.5) is 10.1 Å². The number of carbonyl (C=O) groups is 1. The molecule has 11 nitrogen and oxygen atoms in total. The van der Waals surface area contributed by atoms with Gasteiger partial charge in [-0.1, -0.05) is 17.7 Å². The van der Waals surface area contributed by atoms with Gasteiger partial charge in [0.2, 0.25) is 5.95 Å². The predicted molar refractivity (Wildman–Crippen MR) is 154 cm³/mol. The van der Waals surface area contributed by atoms with Crippen LogP contribution < -0.4 is 43.0 Å². The zero-order valence-electron chi connectivity index (χ0n) is 23.9. The average Bonchev–Trinajstić information content (AvgIpc) is 2.92. The summed E-state index contributed by atoms with van der Waals surface area (Å²) < 4.78 is 28.0. The molecule has 12 heteroatoms. The van der Waals surface area contributed by atoms with Crippen molar-refractivity contribution in [1.29, 1.82) is 0 Å². The summed E-state index contributed by atoms with van der Waals surface area (Å²) in [5.74, 6) is 4.36. The van der Waals surface area contributed by atoms with Crippen LogP contribution in [-0.4, -0.2) is 35.3 Å². The number of nitrogens with one attached hydrogen (secondary N) is 2. The highest BCUT2D eigenvalue weighted by Gasteiger charge is 2.23. The van der Waals surface area contributed by atoms with Gasteiger partial charge in [0.25, 0.3) is 5.91 Å². The van der Waals surface area contributed by atoms with Crippen molar-refractivity contribution in [2.24, 2.45) is 16.6 Å². The number of carbonyl (C=O) groups excluding carboxylic acids is 1. The molecule has 0 spiro atoms. The molecule has 1 aliphatic rings. The summed E-state index contributed by atoms with van der Waals surface area (Å²) in [4.78, 5) is 31.2. The topological polar surface area (TPSA) is 151 Å². The first-order chi connectivity index (χ1) is 19.6. The Labute approximate surface area is 237 Å². The molecule has 1 aliphatic heterocycles. The zero-order valence-corrected chi connectivity index (χ0v) is 23.9. The van der Waals surface area contributed by atoms with Crippen LogP contribution in [0, 0.1) is 20.8 Å². The van der Waals surface area contributed by atoms with Crippen LogP contribution in [0.1, 0.15) is 29.2 Å². The van der Waals surface area contributed by atoms with E-state index in [1.165, 1.54) is 4.57 Å². The number of nitrogens with two attached hydrogens (primary N) is 2. The first-order valence-electron chi connectivity index (χ1n) is 13.3. The number of amides is 1. The molecular formula is C29H36FN7O4. The van der Waals surface area contributed by atoms with E-state index in [-0.39, 0.29) is 18.8 Å². The number of fused-ring (bicyclic) bond motifs is 3. The molecule has 218 valence electrons. The molecule has 0 aliphatic carbocycles. The number of halogens is 1. The number of aromatic nitrogens is 2. The molecule has 2 aromatic carbocycles. The van der Waals surface area contributed by atoms with Crippen LogP contribution in [0.2, 0.25) is 0 Å². The van der Waals surface area contributed by atoms with Gasteiger partial charge in [0.15, 0.2) is 17.2 Å². The number of hydrazine groups is 1. The number of hydrogen-bond donors (Lipinski definition) is 4. The number of benzene rings is 2. The van der Waals surface area contributed by atoms with Crippen molar-refractivity contribution in [1.82, 2.24) is 19.9 Å². The maximum absolute atomic E-state index is 13.9. The van der Waals surface area contributed by atoms with Crippen LogP contribution >= 0.6 is 0 Å². The predicted octanol–water partition coefficient (Wildman–Crippen LogP) is 2.11. The minimum absolute atomic E-state index is 0.00689. The summed E-state index contributed by atoms with van der Waals surface area (Å²) in [6, 6.07) is 9.78. The van der Waals surface area contributed by atoms with E-state index in [2.05, 4.69) is 5.32 Å². The Balaban J connectivity index is 1.88. The van der Waals surface area contributed by atoms with Crippen LogP contribution in [0.15, 0.2) is 51.8 Å². The third-order valence-corrected chi connectivity index (χ3v) is 6.96. The number of methoxy groups -OCH3 is 1. The van der Waals surface area contributed by atoms with Gasteiger partial charge in [0, 0.05) is 31.3 Å². The molecule has 6 N–H and O–H groups in total. The highest BCUT2D eigenvalue weighted by Crippen LogP contribution is 2.37. The second-order valence-corrected chi connectivity index (χ2v) is 9.80. The van der Waals surface area contributed by atoms with E-state index in [1.807, 2.05) is 63.5 Å². The molecule has 1 aromatic heterocycles. The first kappa shape index (κ1) is 29.4. The SMILES string of the molecule is CCOc1cc2c(cc1OC)-c1cc(=Nc3c(C)cc(C)cc3C)n(CCNC(=O)/C(NN)=C(/N)F)c(=O)n1CC2. The fourth-order valence-corrected chi connectivity index (χ4v) is 5.15. The zero-order chi connectivity index (χ0) is 29.8.